The Morgan fingerprint density at radius 1 is 1.00 bits per heavy atom. The molecule has 0 aliphatic carbocycles. The van der Waals surface area contributed by atoms with Crippen LogP contribution in [0.3, 0.4) is 0 Å². The molecule has 98 valence electrons. The van der Waals surface area contributed by atoms with Gasteiger partial charge < -0.3 is 4.74 Å². The van der Waals surface area contributed by atoms with E-state index in [1.165, 1.54) is 24.3 Å². The summed E-state index contributed by atoms with van der Waals surface area (Å²) in [5, 5.41) is -1.14. The summed E-state index contributed by atoms with van der Waals surface area (Å²) in [6.45, 7) is 0. The Morgan fingerprint density at radius 2 is 1.61 bits per heavy atom. The van der Waals surface area contributed by atoms with Crippen molar-refractivity contribution in [1.29, 1.82) is 0 Å². The third-order valence-electron chi connectivity index (χ3n) is 1.94. The molecule has 0 fully saturated rings. The molecule has 1 aromatic rings. The molecule has 0 N–H and O–H groups in total. The van der Waals surface area contributed by atoms with Crippen LogP contribution >= 0.6 is 22.9 Å². The zero-order chi connectivity index (χ0) is 13.4. The van der Waals surface area contributed by atoms with Crippen LogP contribution in [0, 0.1) is 0 Å². The first-order valence-corrected chi connectivity index (χ1v) is 9.29. The van der Waals surface area contributed by atoms with Gasteiger partial charge in [0, 0.05) is 4.20 Å². The van der Waals surface area contributed by atoms with Gasteiger partial charge in [-0.15, -0.1) is 0 Å². The second kappa shape index (κ2) is 4.85. The summed E-state index contributed by atoms with van der Waals surface area (Å²) in [6, 6.07) is 7.38. The summed E-state index contributed by atoms with van der Waals surface area (Å²) in [4.78, 5) is 0. The van der Waals surface area contributed by atoms with Gasteiger partial charge in [0.15, 0.2) is 0 Å². The van der Waals surface area contributed by atoms with Crippen molar-refractivity contribution in [3.63, 3.8) is 0 Å². The molecule has 1 aromatic carbocycles. The minimum absolute atomic E-state index is 0.0164. The quantitative estimate of drug-likeness (QED) is 0.507. The lowest BCUT2D eigenvalue weighted by atomic mass is 10.3. The number of hydrogen-bond donors (Lipinski definition) is 0. The highest BCUT2D eigenvalue weighted by Crippen LogP contribution is 2.68. The smallest absolute Gasteiger partial charge is 0.404 e. The van der Waals surface area contributed by atoms with E-state index in [0.29, 0.717) is 0 Å². The Kier molecular flexibility index (Phi) is 3.73. The Morgan fingerprint density at radius 3 is 2.17 bits per heavy atom. The number of para-hydroxylation sites is 1. The predicted octanol–water partition coefficient (Wildman–Crippen LogP) is 5.63. The van der Waals surface area contributed by atoms with Gasteiger partial charge in [-0.25, -0.2) is 0 Å². The molecule has 1 heterocycles. The number of ether oxygens (including phenoxy) is 1. The van der Waals surface area contributed by atoms with Crippen molar-refractivity contribution >= 4 is 39.2 Å². The van der Waals surface area contributed by atoms with Gasteiger partial charge in [0.1, 0.15) is 5.75 Å². The Labute approximate surface area is 102 Å². The highest BCUT2D eigenvalue weighted by molar-refractivity contribution is 8.12. The fraction of sp³-hybridized carbons (Fsp3) is 0. The molecular weight excluding hydrogens is 312 g/mol. The van der Waals surface area contributed by atoms with E-state index in [9.17, 15) is 21.0 Å². The van der Waals surface area contributed by atoms with Crippen LogP contribution in [0.25, 0.3) is 0 Å². The molecule has 9 heteroatoms. The highest BCUT2D eigenvalue weighted by Gasteiger charge is 2.45. The topological polar surface area (TPSA) is 9.23 Å². The molecule has 1 unspecified atom stereocenters. The summed E-state index contributed by atoms with van der Waals surface area (Å²) in [6.07, 6.45) is 0. The van der Waals surface area contributed by atoms with E-state index in [0.717, 1.165) is 0 Å². The maximum atomic E-state index is 13.5. The van der Waals surface area contributed by atoms with Crippen molar-refractivity contribution in [2.45, 2.75) is 0 Å². The van der Waals surface area contributed by atoms with E-state index in [1.807, 2.05) is 0 Å². The highest BCUT2D eigenvalue weighted by atomic mass is 31.3. The number of hydrogen-bond acceptors (Lipinski definition) is 1. The van der Waals surface area contributed by atoms with Gasteiger partial charge in [-0.2, -0.15) is 16.8 Å². The zero-order valence-corrected chi connectivity index (χ0v) is 11.4. The van der Waals surface area contributed by atoms with Gasteiger partial charge in [-0.05, 0) is 12.1 Å². The van der Waals surface area contributed by atoms with Crippen molar-refractivity contribution in [3.8, 4) is 5.75 Å². The van der Waals surface area contributed by atoms with Gasteiger partial charge in [-0.3, -0.25) is 0 Å². The predicted molar refractivity (Wildman–Crippen MR) is 70.5 cm³/mol. The van der Waals surface area contributed by atoms with Crippen LogP contribution in [0.1, 0.15) is 0 Å². The van der Waals surface area contributed by atoms with Crippen LogP contribution in [-0.2, 0) is 0 Å². The summed E-state index contributed by atoms with van der Waals surface area (Å²) in [7, 11) is -13.6. The summed E-state index contributed by atoms with van der Waals surface area (Å²) in [5.41, 5.74) is -0.214. The van der Waals surface area contributed by atoms with Crippen molar-refractivity contribution in [3.05, 3.63) is 30.3 Å². The molecule has 1 atom stereocenters. The summed E-state index contributed by atoms with van der Waals surface area (Å²) >= 11 is 0. The molecule has 1 aliphatic heterocycles. The lowest BCUT2D eigenvalue weighted by Crippen LogP contribution is -2.06. The van der Waals surface area contributed by atoms with Crippen LogP contribution in [0.4, 0.5) is 21.0 Å². The number of rotatable bonds is 2. The Bertz CT molecular complexity index is 598. The van der Waals surface area contributed by atoms with Crippen molar-refractivity contribution in [2.24, 2.45) is 0 Å². The first-order chi connectivity index (χ1) is 8.30. The third-order valence-corrected chi connectivity index (χ3v) is 8.81. The maximum absolute atomic E-state index is 13.5. The van der Waals surface area contributed by atoms with Gasteiger partial charge in [0.2, 0.25) is 5.54 Å². The van der Waals surface area contributed by atoms with Crippen molar-refractivity contribution in [2.75, 3.05) is 0 Å². The molecule has 0 saturated heterocycles. The molecule has 1 nitrogen and oxygen atoms in total. The van der Waals surface area contributed by atoms with E-state index in [-0.39, 0.29) is 16.8 Å². The van der Waals surface area contributed by atoms with E-state index in [1.54, 1.807) is 6.07 Å². The van der Waals surface area contributed by atoms with Gasteiger partial charge >= 0.3 is 20.6 Å². The van der Waals surface area contributed by atoms with Gasteiger partial charge in [0.25, 0.3) is 7.51 Å². The standard InChI is InChI=1S/C9H7F5OP3/c10-16-6-17(11,12)7-18(13,14)9(16)15-8-4-2-1-3-5-8/h1-7H/q+1. The average Bonchev–Trinajstić information content (AvgIpc) is 2.23. The minimum atomic E-state index is -5.30. The minimum Gasteiger partial charge on any atom is -0.415 e. The molecule has 0 amide bonds. The zero-order valence-electron chi connectivity index (χ0n) is 8.68. The van der Waals surface area contributed by atoms with Crippen molar-refractivity contribution in [1.82, 2.24) is 0 Å². The Hall–Kier alpha value is -0.560. The maximum Gasteiger partial charge on any atom is 0.404 e. The van der Waals surface area contributed by atoms with Crippen molar-refractivity contribution < 1.29 is 25.7 Å². The fourth-order valence-electron chi connectivity index (χ4n) is 1.28. The van der Waals surface area contributed by atoms with Gasteiger partial charge in [0.05, 0.1) is 5.54 Å². The third kappa shape index (κ3) is 3.06. The largest absolute Gasteiger partial charge is 0.415 e. The van der Waals surface area contributed by atoms with Crippen LogP contribution in [-0.4, -0.2) is 16.3 Å². The fourth-order valence-corrected chi connectivity index (χ4v) is 7.84. The van der Waals surface area contributed by atoms with Crippen LogP contribution in [0.15, 0.2) is 30.3 Å². The summed E-state index contributed by atoms with van der Waals surface area (Å²) in [5.74, 6) is 0.0164. The SMILES string of the molecule is F[P+]1=CP(F)(F)=CP(F)(F)=C1Oc1ccccc1. The molecule has 18 heavy (non-hydrogen) atoms. The normalized spacial score (nSPS) is 22.9. The van der Waals surface area contributed by atoms with Crippen LogP contribution in [0.2, 0.25) is 0 Å². The molecule has 0 saturated carbocycles. The summed E-state index contributed by atoms with van der Waals surface area (Å²) < 4.78 is 71.0. The van der Waals surface area contributed by atoms with E-state index < -0.39 is 28.1 Å². The first-order valence-electron chi connectivity index (χ1n) is 4.64. The van der Waals surface area contributed by atoms with Gasteiger partial charge in [-0.1, -0.05) is 18.2 Å². The molecule has 2 rings (SSSR count). The van der Waals surface area contributed by atoms with Crippen LogP contribution < -0.4 is 4.74 Å². The van der Waals surface area contributed by atoms with Crippen LogP contribution in [0.5, 0.6) is 5.75 Å². The average molecular weight is 319 g/mol. The second-order valence-electron chi connectivity index (χ2n) is 3.40. The lowest BCUT2D eigenvalue weighted by molar-refractivity contribution is 0.569. The monoisotopic (exact) mass is 319 g/mol. The van der Waals surface area contributed by atoms with E-state index >= 15 is 0 Å². The molecule has 1 aliphatic rings. The second-order valence-corrected chi connectivity index (χ2v) is 9.36. The number of benzene rings is 1. The Balaban J connectivity index is 2.48. The van der Waals surface area contributed by atoms with E-state index in [2.05, 4.69) is 0 Å². The lowest BCUT2D eigenvalue weighted by Gasteiger charge is -2.09. The molecular formula is C9H7F5OP3+. The molecule has 0 spiro atoms. The van der Waals surface area contributed by atoms with E-state index in [4.69, 9.17) is 4.74 Å². The molecule has 0 bridgehead atoms. The molecule has 0 aromatic heterocycles. The number of halogens is 5. The first kappa shape index (κ1) is 13.9. The molecule has 0 radical (unpaired) electrons.